The fourth-order valence-electron chi connectivity index (χ4n) is 1.84. The lowest BCUT2D eigenvalue weighted by Crippen LogP contribution is -2.25. The Balaban J connectivity index is 1.70. The molecule has 112 valence electrons. The van der Waals surface area contributed by atoms with Crippen molar-refractivity contribution in [1.82, 2.24) is 24.7 Å². The third kappa shape index (κ3) is 2.93. The molecule has 0 aliphatic carbocycles. The van der Waals surface area contributed by atoms with E-state index in [0.717, 1.165) is 17.0 Å². The number of pyridine rings is 1. The Morgan fingerprint density at radius 1 is 1.45 bits per heavy atom. The van der Waals surface area contributed by atoms with Crippen LogP contribution in [0.25, 0.3) is 11.5 Å². The number of aromatic nitrogens is 5. The van der Waals surface area contributed by atoms with Gasteiger partial charge in [0.1, 0.15) is 12.2 Å². The average molecular weight is 316 g/mol. The lowest BCUT2D eigenvalue weighted by Gasteiger charge is -2.03. The van der Waals surface area contributed by atoms with E-state index in [-0.39, 0.29) is 23.3 Å². The van der Waals surface area contributed by atoms with E-state index in [1.165, 1.54) is 4.57 Å². The van der Waals surface area contributed by atoms with E-state index in [1.54, 1.807) is 30.6 Å². The fourth-order valence-corrected chi connectivity index (χ4v) is 2.57. The number of hydrogen-bond acceptors (Lipinski definition) is 6. The van der Waals surface area contributed by atoms with Gasteiger partial charge in [-0.15, -0.1) is 5.10 Å². The summed E-state index contributed by atoms with van der Waals surface area (Å²) in [6, 6.07) is 5.40. The molecular formula is C13H12N6O2S. The van der Waals surface area contributed by atoms with Crippen LogP contribution in [0.1, 0.15) is 5.69 Å². The van der Waals surface area contributed by atoms with E-state index < -0.39 is 0 Å². The standard InChI is InChI=1S/C13H12N6O2S/c1-8-7-22-13(21)19(8)6-10(20)15-12-16-11(17-18-12)9-4-2-3-5-14-9/h2-5,7H,6H2,1H3,(H2,15,16,17,18,20). The lowest BCUT2D eigenvalue weighted by atomic mass is 10.3. The van der Waals surface area contributed by atoms with Crippen molar-refractivity contribution in [1.29, 1.82) is 0 Å². The second kappa shape index (κ2) is 5.90. The summed E-state index contributed by atoms with van der Waals surface area (Å²) in [5, 5.41) is 10.9. The molecule has 0 atom stereocenters. The zero-order valence-corrected chi connectivity index (χ0v) is 12.4. The van der Waals surface area contributed by atoms with Gasteiger partial charge in [0.25, 0.3) is 0 Å². The first-order chi connectivity index (χ1) is 10.6. The number of nitrogens with one attached hydrogen (secondary N) is 2. The van der Waals surface area contributed by atoms with Crippen molar-refractivity contribution in [3.8, 4) is 11.5 Å². The number of thiazole rings is 1. The van der Waals surface area contributed by atoms with Gasteiger partial charge in [0.05, 0.1) is 0 Å². The molecule has 3 rings (SSSR count). The summed E-state index contributed by atoms with van der Waals surface area (Å²) in [4.78, 5) is 31.6. The molecule has 0 aliphatic rings. The van der Waals surface area contributed by atoms with Crippen LogP contribution >= 0.6 is 11.3 Å². The molecule has 0 aliphatic heterocycles. The minimum absolute atomic E-state index is 0.0678. The van der Waals surface area contributed by atoms with Gasteiger partial charge < -0.3 is 0 Å². The number of anilines is 1. The van der Waals surface area contributed by atoms with Crippen LogP contribution in [0.4, 0.5) is 5.95 Å². The summed E-state index contributed by atoms with van der Waals surface area (Å²) in [7, 11) is 0. The summed E-state index contributed by atoms with van der Waals surface area (Å²) >= 11 is 1.06. The van der Waals surface area contributed by atoms with Gasteiger partial charge in [0.2, 0.25) is 11.9 Å². The van der Waals surface area contributed by atoms with Crippen molar-refractivity contribution in [2.24, 2.45) is 0 Å². The van der Waals surface area contributed by atoms with Crippen LogP contribution < -0.4 is 10.2 Å². The third-order valence-corrected chi connectivity index (χ3v) is 3.80. The molecule has 22 heavy (non-hydrogen) atoms. The van der Waals surface area contributed by atoms with E-state index in [9.17, 15) is 9.59 Å². The topological polar surface area (TPSA) is 106 Å². The van der Waals surface area contributed by atoms with Gasteiger partial charge >= 0.3 is 4.87 Å². The summed E-state index contributed by atoms with van der Waals surface area (Å²) < 4.78 is 1.40. The highest BCUT2D eigenvalue weighted by Gasteiger charge is 2.12. The molecule has 8 nitrogen and oxygen atoms in total. The summed E-state index contributed by atoms with van der Waals surface area (Å²) in [5.41, 5.74) is 1.37. The summed E-state index contributed by atoms with van der Waals surface area (Å²) in [6.45, 7) is 1.71. The Kier molecular flexibility index (Phi) is 3.79. The van der Waals surface area contributed by atoms with Crippen molar-refractivity contribution >= 4 is 23.2 Å². The molecule has 3 aromatic heterocycles. The van der Waals surface area contributed by atoms with E-state index in [4.69, 9.17) is 0 Å². The molecule has 0 spiro atoms. The van der Waals surface area contributed by atoms with Gasteiger partial charge in [-0.1, -0.05) is 17.4 Å². The normalized spacial score (nSPS) is 10.6. The Labute approximate surface area is 128 Å². The summed E-state index contributed by atoms with van der Waals surface area (Å²) in [6.07, 6.45) is 1.64. The smallest absolute Gasteiger partial charge is 0.294 e. The van der Waals surface area contributed by atoms with E-state index in [2.05, 4.69) is 25.5 Å². The molecule has 0 aromatic carbocycles. The maximum atomic E-state index is 12.0. The molecule has 0 fully saturated rings. The largest absolute Gasteiger partial charge is 0.307 e. The molecular weight excluding hydrogens is 304 g/mol. The molecule has 0 saturated heterocycles. The number of H-pyrrole nitrogens is 1. The van der Waals surface area contributed by atoms with Crippen LogP contribution in [0.5, 0.6) is 0 Å². The van der Waals surface area contributed by atoms with Crippen LogP contribution in [0, 0.1) is 6.92 Å². The zero-order chi connectivity index (χ0) is 15.5. The Morgan fingerprint density at radius 3 is 3.00 bits per heavy atom. The van der Waals surface area contributed by atoms with E-state index in [1.807, 2.05) is 6.07 Å². The maximum Gasteiger partial charge on any atom is 0.307 e. The second-order valence-corrected chi connectivity index (χ2v) is 5.32. The van der Waals surface area contributed by atoms with Crippen molar-refractivity contribution in [2.45, 2.75) is 13.5 Å². The SMILES string of the molecule is Cc1csc(=O)n1CC(=O)Nc1n[nH]c(-c2ccccn2)n1. The Hall–Kier alpha value is -2.81. The number of hydrogen-bond donors (Lipinski definition) is 2. The van der Waals surface area contributed by atoms with Gasteiger partial charge in [0.15, 0.2) is 5.82 Å². The minimum atomic E-state index is -0.366. The highest BCUT2D eigenvalue weighted by atomic mass is 32.1. The van der Waals surface area contributed by atoms with Gasteiger partial charge in [0, 0.05) is 17.3 Å². The van der Waals surface area contributed by atoms with Crippen molar-refractivity contribution in [2.75, 3.05) is 5.32 Å². The van der Waals surface area contributed by atoms with Crippen molar-refractivity contribution in [3.63, 3.8) is 0 Å². The molecule has 1 amide bonds. The van der Waals surface area contributed by atoms with Gasteiger partial charge in [-0.05, 0) is 19.1 Å². The zero-order valence-electron chi connectivity index (χ0n) is 11.6. The first kappa shape index (κ1) is 14.1. The van der Waals surface area contributed by atoms with E-state index in [0.29, 0.717) is 11.5 Å². The Bertz CT molecular complexity index is 851. The number of nitrogens with zero attached hydrogens (tertiary/aromatic N) is 4. The number of carbonyl (C=O) groups excluding carboxylic acids is 1. The molecule has 0 saturated carbocycles. The summed E-state index contributed by atoms with van der Waals surface area (Å²) in [5.74, 6) is 0.238. The third-order valence-electron chi connectivity index (χ3n) is 2.92. The highest BCUT2D eigenvalue weighted by molar-refractivity contribution is 7.07. The fraction of sp³-hybridized carbons (Fsp3) is 0.154. The highest BCUT2D eigenvalue weighted by Crippen LogP contribution is 2.12. The molecule has 3 heterocycles. The number of rotatable bonds is 4. The van der Waals surface area contributed by atoms with Crippen LogP contribution in [0.3, 0.4) is 0 Å². The number of aromatic amines is 1. The van der Waals surface area contributed by atoms with Gasteiger partial charge in [-0.2, -0.15) is 4.98 Å². The molecule has 3 aromatic rings. The number of aryl methyl sites for hydroxylation is 1. The van der Waals surface area contributed by atoms with Gasteiger partial charge in [-0.25, -0.2) is 0 Å². The molecule has 0 bridgehead atoms. The maximum absolute atomic E-state index is 12.0. The van der Waals surface area contributed by atoms with E-state index >= 15 is 0 Å². The number of amides is 1. The predicted octanol–water partition coefficient (Wildman–Crippen LogP) is 1.04. The second-order valence-electron chi connectivity index (χ2n) is 4.50. The molecule has 9 heteroatoms. The predicted molar refractivity (Wildman–Crippen MR) is 81.6 cm³/mol. The van der Waals surface area contributed by atoms with Crippen molar-refractivity contribution in [3.05, 3.63) is 45.1 Å². The lowest BCUT2D eigenvalue weighted by molar-refractivity contribution is -0.116. The monoisotopic (exact) mass is 316 g/mol. The van der Waals surface area contributed by atoms with Crippen molar-refractivity contribution < 1.29 is 4.79 Å². The first-order valence-electron chi connectivity index (χ1n) is 6.42. The Morgan fingerprint density at radius 2 is 2.32 bits per heavy atom. The van der Waals surface area contributed by atoms with Crippen LogP contribution in [-0.4, -0.2) is 30.6 Å². The minimum Gasteiger partial charge on any atom is -0.294 e. The van der Waals surface area contributed by atoms with Gasteiger partial charge in [-0.3, -0.25) is 29.6 Å². The molecule has 2 N–H and O–H groups in total. The first-order valence-corrected chi connectivity index (χ1v) is 7.30. The average Bonchev–Trinajstić information content (AvgIpc) is 3.10. The van der Waals surface area contributed by atoms with Crippen LogP contribution in [0.15, 0.2) is 34.6 Å². The number of carbonyl (C=O) groups is 1. The quantitative estimate of drug-likeness (QED) is 0.748. The van der Waals surface area contributed by atoms with Crippen LogP contribution in [-0.2, 0) is 11.3 Å². The molecule has 0 unspecified atom stereocenters. The molecule has 0 radical (unpaired) electrons. The van der Waals surface area contributed by atoms with Crippen LogP contribution in [0.2, 0.25) is 0 Å².